The average Bonchev–Trinajstić information content (AvgIpc) is 3.45. The number of hydrogen-bond donors (Lipinski definition) is 0. The van der Waals surface area contributed by atoms with Gasteiger partial charge in [0.15, 0.2) is 28.1 Å². The van der Waals surface area contributed by atoms with Crippen LogP contribution in [0.5, 0.6) is 11.5 Å². The van der Waals surface area contributed by atoms with Crippen molar-refractivity contribution in [2.24, 2.45) is 0 Å². The van der Waals surface area contributed by atoms with E-state index in [1.165, 1.54) is 11.8 Å². The third-order valence-electron chi connectivity index (χ3n) is 5.82. The Hall–Kier alpha value is -3.86. The van der Waals surface area contributed by atoms with Crippen LogP contribution in [0.2, 0.25) is 0 Å². The van der Waals surface area contributed by atoms with Gasteiger partial charge in [0.05, 0.1) is 43.1 Å². The number of aryl methyl sites for hydroxylation is 3. The van der Waals surface area contributed by atoms with Crippen LogP contribution in [0, 0.1) is 6.92 Å². The van der Waals surface area contributed by atoms with Gasteiger partial charge >= 0.3 is 5.97 Å². The van der Waals surface area contributed by atoms with Gasteiger partial charge < -0.3 is 18.8 Å². The molecule has 0 unspecified atom stereocenters. The highest BCUT2D eigenvalue weighted by atomic mass is 32.2. The number of rotatable bonds is 9. The number of thioether (sulfide) groups is 1. The van der Waals surface area contributed by atoms with Crippen LogP contribution in [0.1, 0.15) is 18.6 Å². The lowest BCUT2D eigenvalue weighted by molar-refractivity contribution is -0.139. The van der Waals surface area contributed by atoms with Crippen molar-refractivity contribution < 1.29 is 19.0 Å². The molecule has 0 atom stereocenters. The van der Waals surface area contributed by atoms with E-state index in [1.807, 2.05) is 31.2 Å². The maximum absolute atomic E-state index is 12.0. The number of ether oxygens (including phenoxy) is 3. The number of imidazole rings is 1. The number of fused-ring (bicyclic) bond motifs is 4. The van der Waals surface area contributed by atoms with Crippen LogP contribution in [-0.2, 0) is 22.5 Å². The lowest BCUT2D eigenvalue weighted by Gasteiger charge is -2.10. The van der Waals surface area contributed by atoms with Gasteiger partial charge in [-0.25, -0.2) is 15.0 Å². The molecule has 3 heterocycles. The summed E-state index contributed by atoms with van der Waals surface area (Å²) in [5, 5.41) is 6.07. The van der Waals surface area contributed by atoms with E-state index in [2.05, 4.69) is 15.6 Å². The maximum atomic E-state index is 12.0. The minimum absolute atomic E-state index is 0.115. The number of hydrogen-bond acceptors (Lipinski definition) is 9. The summed E-state index contributed by atoms with van der Waals surface area (Å²) in [5.41, 5.74) is 3.34. The molecule has 36 heavy (non-hydrogen) atoms. The van der Waals surface area contributed by atoms with Crippen LogP contribution in [0.4, 0.5) is 0 Å². The zero-order valence-corrected chi connectivity index (χ0v) is 21.3. The van der Waals surface area contributed by atoms with Gasteiger partial charge in [-0.2, -0.15) is 4.52 Å². The molecule has 0 fully saturated rings. The molecule has 186 valence electrons. The van der Waals surface area contributed by atoms with E-state index >= 15 is 0 Å². The molecule has 0 radical (unpaired) electrons. The van der Waals surface area contributed by atoms with Crippen LogP contribution in [0.3, 0.4) is 0 Å². The molecule has 5 aromatic rings. The van der Waals surface area contributed by atoms with E-state index < -0.39 is 0 Å². The number of carbonyl (C=O) groups excluding carboxylic acids is 1. The molecule has 0 N–H and O–H groups in total. The number of nitrogens with zero attached hydrogens (tertiary/aromatic N) is 6. The molecule has 0 aliphatic carbocycles. The Morgan fingerprint density at radius 2 is 1.81 bits per heavy atom. The van der Waals surface area contributed by atoms with Gasteiger partial charge in [0.2, 0.25) is 0 Å². The molecule has 11 heteroatoms. The number of esters is 1. The Labute approximate surface area is 211 Å². The molecular weight excluding hydrogens is 480 g/mol. The standard InChI is InChI=1S/C25H26N6O4S/c1-5-35-23(32)14-36-25-27-18-13-21(34-4)20(33-3)12-16(18)24-28-22(29-31(24)25)10-11-30-15(2)26-17-8-6-7-9-19(17)30/h6-9,12-13H,5,10-11,14H2,1-4H3. The fourth-order valence-corrected chi connectivity index (χ4v) is 4.91. The van der Waals surface area contributed by atoms with E-state index in [-0.39, 0.29) is 11.7 Å². The maximum Gasteiger partial charge on any atom is 0.316 e. The molecule has 10 nitrogen and oxygen atoms in total. The SMILES string of the molecule is CCOC(=O)CSc1nc2cc(OC)c(OC)cc2c2nc(CCn3c(C)nc4ccccc43)nn12. The first kappa shape index (κ1) is 23.9. The Kier molecular flexibility index (Phi) is 6.64. The second kappa shape index (κ2) is 10.0. The van der Waals surface area contributed by atoms with Crippen molar-refractivity contribution in [1.82, 2.24) is 29.1 Å². The summed E-state index contributed by atoms with van der Waals surface area (Å²) in [6, 6.07) is 11.7. The molecule has 0 saturated heterocycles. The molecule has 0 saturated carbocycles. The minimum Gasteiger partial charge on any atom is -0.493 e. The zero-order chi connectivity index (χ0) is 25.2. The molecule has 2 aromatic carbocycles. The normalized spacial score (nSPS) is 11.4. The second-order valence-electron chi connectivity index (χ2n) is 8.03. The van der Waals surface area contributed by atoms with E-state index in [4.69, 9.17) is 29.3 Å². The molecular formula is C25H26N6O4S. The smallest absolute Gasteiger partial charge is 0.316 e. The van der Waals surface area contributed by atoms with Gasteiger partial charge in [0.1, 0.15) is 5.82 Å². The van der Waals surface area contributed by atoms with Gasteiger partial charge in [-0.05, 0) is 32.0 Å². The van der Waals surface area contributed by atoms with E-state index in [0.717, 1.165) is 22.2 Å². The third kappa shape index (κ3) is 4.41. The minimum atomic E-state index is -0.312. The largest absolute Gasteiger partial charge is 0.493 e. The summed E-state index contributed by atoms with van der Waals surface area (Å²) in [7, 11) is 3.17. The third-order valence-corrected chi connectivity index (χ3v) is 6.72. The number of para-hydroxylation sites is 2. The summed E-state index contributed by atoms with van der Waals surface area (Å²) in [6.07, 6.45) is 0.597. The zero-order valence-electron chi connectivity index (χ0n) is 20.5. The predicted molar refractivity (Wildman–Crippen MR) is 137 cm³/mol. The highest BCUT2D eigenvalue weighted by Gasteiger charge is 2.18. The van der Waals surface area contributed by atoms with Crippen molar-refractivity contribution in [1.29, 1.82) is 0 Å². The van der Waals surface area contributed by atoms with Crippen molar-refractivity contribution >= 4 is 45.3 Å². The van der Waals surface area contributed by atoms with Crippen LogP contribution < -0.4 is 9.47 Å². The molecule has 0 amide bonds. The topological polar surface area (TPSA) is 106 Å². The van der Waals surface area contributed by atoms with Crippen molar-refractivity contribution in [3.05, 3.63) is 48.0 Å². The first-order valence-electron chi connectivity index (χ1n) is 11.5. The van der Waals surface area contributed by atoms with Gasteiger partial charge in [0, 0.05) is 24.4 Å². The van der Waals surface area contributed by atoms with Crippen LogP contribution in [-0.4, -0.2) is 61.7 Å². The number of methoxy groups -OCH3 is 2. The Morgan fingerprint density at radius 1 is 1.03 bits per heavy atom. The van der Waals surface area contributed by atoms with Crippen LogP contribution >= 0.6 is 11.8 Å². The van der Waals surface area contributed by atoms with Crippen molar-refractivity contribution in [2.45, 2.75) is 32.0 Å². The molecule has 3 aromatic heterocycles. The highest BCUT2D eigenvalue weighted by molar-refractivity contribution is 7.99. The highest BCUT2D eigenvalue weighted by Crippen LogP contribution is 2.34. The van der Waals surface area contributed by atoms with Crippen molar-refractivity contribution in [2.75, 3.05) is 26.6 Å². The Morgan fingerprint density at radius 3 is 2.58 bits per heavy atom. The fourth-order valence-electron chi connectivity index (χ4n) is 4.17. The summed E-state index contributed by atoms with van der Waals surface area (Å²) in [6.45, 7) is 4.78. The molecule has 0 aliphatic rings. The summed E-state index contributed by atoms with van der Waals surface area (Å²) < 4.78 is 19.9. The number of carbonyl (C=O) groups is 1. The lowest BCUT2D eigenvalue weighted by atomic mass is 10.2. The van der Waals surface area contributed by atoms with Gasteiger partial charge in [-0.1, -0.05) is 23.9 Å². The van der Waals surface area contributed by atoms with Crippen molar-refractivity contribution in [3.63, 3.8) is 0 Å². The first-order valence-corrected chi connectivity index (χ1v) is 12.5. The van der Waals surface area contributed by atoms with Crippen LogP contribution in [0.25, 0.3) is 27.6 Å². The molecule has 0 aliphatic heterocycles. The molecule has 0 bridgehead atoms. The molecule has 5 rings (SSSR count). The summed E-state index contributed by atoms with van der Waals surface area (Å²) in [5.74, 6) is 2.54. The average molecular weight is 507 g/mol. The summed E-state index contributed by atoms with van der Waals surface area (Å²) in [4.78, 5) is 26.3. The lowest BCUT2D eigenvalue weighted by Crippen LogP contribution is -2.08. The number of aromatic nitrogens is 6. The second-order valence-corrected chi connectivity index (χ2v) is 8.97. The van der Waals surface area contributed by atoms with Crippen molar-refractivity contribution in [3.8, 4) is 11.5 Å². The predicted octanol–water partition coefficient (Wildman–Crippen LogP) is 3.85. The molecule has 0 spiro atoms. The quantitative estimate of drug-likeness (QED) is 0.167. The summed E-state index contributed by atoms with van der Waals surface area (Å²) >= 11 is 1.26. The Balaban J connectivity index is 1.55. The van der Waals surface area contributed by atoms with Gasteiger partial charge in [0.25, 0.3) is 0 Å². The van der Waals surface area contributed by atoms with Gasteiger partial charge in [-0.15, -0.1) is 5.10 Å². The van der Waals surface area contributed by atoms with E-state index in [1.54, 1.807) is 31.7 Å². The Bertz CT molecular complexity index is 1580. The van der Waals surface area contributed by atoms with E-state index in [0.29, 0.717) is 53.2 Å². The number of benzene rings is 2. The van der Waals surface area contributed by atoms with Gasteiger partial charge in [-0.3, -0.25) is 4.79 Å². The van der Waals surface area contributed by atoms with E-state index in [9.17, 15) is 4.79 Å². The monoisotopic (exact) mass is 506 g/mol. The fraction of sp³-hybridized carbons (Fsp3) is 0.320. The first-order chi connectivity index (χ1) is 17.5. The van der Waals surface area contributed by atoms with Crippen LogP contribution in [0.15, 0.2) is 41.6 Å².